The minimum absolute atomic E-state index is 0.0119. The molecule has 0 aromatic rings. The summed E-state index contributed by atoms with van der Waals surface area (Å²) in [5.74, 6) is -2.44. The van der Waals surface area contributed by atoms with Crippen molar-refractivity contribution in [2.75, 3.05) is 0 Å². The van der Waals surface area contributed by atoms with Gasteiger partial charge in [-0.2, -0.15) is 0 Å². The summed E-state index contributed by atoms with van der Waals surface area (Å²) in [4.78, 5) is 38.8. The smallest absolute Gasteiger partial charge is 0.314 e. The van der Waals surface area contributed by atoms with Crippen LogP contribution in [0.2, 0.25) is 0 Å². The normalized spacial score (nSPS) is 40.6. The Kier molecular flexibility index (Phi) is 7.32. The van der Waals surface area contributed by atoms with Crippen molar-refractivity contribution in [3.8, 4) is 0 Å². The number of Topliss-reactive ketones (excluding diaryl/α,β-unsaturated/α-hetero) is 2. The highest BCUT2D eigenvalue weighted by atomic mass is 35.5. The van der Waals surface area contributed by atoms with Crippen LogP contribution >= 0.6 is 23.2 Å². The second-order valence-corrected chi connectivity index (χ2v) is 10.5. The molecule has 3 rings (SSSR count). The molecule has 0 amide bonds. The molecule has 0 N–H and O–H groups in total. The molecule has 0 radical (unpaired) electrons. The van der Waals surface area contributed by atoms with Gasteiger partial charge in [0, 0.05) is 5.92 Å². The number of alkyl halides is 2. The summed E-state index contributed by atoms with van der Waals surface area (Å²) >= 11 is 12.8. The maximum atomic E-state index is 13.8. The molecule has 6 heteroatoms. The number of ether oxygens (including phenoxy) is 1. The molecule has 2 aliphatic carbocycles. The summed E-state index contributed by atoms with van der Waals surface area (Å²) in [6, 6.07) is 0. The zero-order valence-electron chi connectivity index (χ0n) is 18.4. The van der Waals surface area contributed by atoms with E-state index in [4.69, 9.17) is 27.9 Å². The number of carbonyl (C=O) groups excluding carboxylic acids is 3. The molecule has 31 heavy (non-hydrogen) atoms. The Labute approximate surface area is 194 Å². The largest absolute Gasteiger partial charge is 0.458 e. The van der Waals surface area contributed by atoms with Crippen molar-refractivity contribution in [2.45, 2.75) is 51.0 Å². The molecule has 4 nitrogen and oxygen atoms in total. The molecule has 0 saturated carbocycles. The lowest BCUT2D eigenvalue weighted by Gasteiger charge is -2.46. The zero-order valence-corrected chi connectivity index (χ0v) is 19.9. The van der Waals surface area contributed by atoms with E-state index in [0.717, 1.165) is 6.42 Å². The van der Waals surface area contributed by atoms with Gasteiger partial charge in [0.15, 0.2) is 11.6 Å². The number of cyclic esters (lactones) is 1. The third kappa shape index (κ3) is 5.06. The van der Waals surface area contributed by atoms with Crippen molar-refractivity contribution in [2.24, 2.45) is 35.5 Å². The lowest BCUT2D eigenvalue weighted by Crippen LogP contribution is -2.50. The van der Waals surface area contributed by atoms with Crippen molar-refractivity contribution < 1.29 is 19.1 Å². The molecule has 1 heterocycles. The molecule has 0 fully saturated rings. The van der Waals surface area contributed by atoms with Gasteiger partial charge >= 0.3 is 5.97 Å². The highest BCUT2D eigenvalue weighted by Crippen LogP contribution is 2.50. The molecule has 0 unspecified atom stereocenters. The van der Waals surface area contributed by atoms with Crippen LogP contribution in [0.25, 0.3) is 0 Å². The van der Waals surface area contributed by atoms with Gasteiger partial charge in [0.1, 0.15) is 12.5 Å². The lowest BCUT2D eigenvalue weighted by atomic mass is 9.58. The first-order chi connectivity index (χ1) is 14.5. The molecule has 3 aliphatic rings. The van der Waals surface area contributed by atoms with E-state index < -0.39 is 40.3 Å². The van der Waals surface area contributed by atoms with Crippen LogP contribution < -0.4 is 0 Å². The van der Waals surface area contributed by atoms with Crippen molar-refractivity contribution in [3.05, 3.63) is 48.1 Å². The van der Waals surface area contributed by atoms with Gasteiger partial charge in [0.05, 0.1) is 0 Å². The number of hydrogen-bond acceptors (Lipinski definition) is 4. The minimum atomic E-state index is -2.29. The summed E-state index contributed by atoms with van der Waals surface area (Å²) in [6.45, 7) is 7.95. The van der Waals surface area contributed by atoms with Crippen LogP contribution in [0.3, 0.4) is 0 Å². The van der Waals surface area contributed by atoms with Gasteiger partial charge in [-0.05, 0) is 55.9 Å². The second-order valence-electron chi connectivity index (χ2n) is 9.17. The molecule has 168 valence electrons. The minimum Gasteiger partial charge on any atom is -0.458 e. The van der Waals surface area contributed by atoms with Crippen molar-refractivity contribution in [3.63, 3.8) is 0 Å². The molecule has 1 aliphatic heterocycles. The van der Waals surface area contributed by atoms with Crippen LogP contribution in [0, 0.1) is 35.5 Å². The van der Waals surface area contributed by atoms with Gasteiger partial charge in [-0.25, -0.2) is 0 Å². The predicted octanol–water partition coefficient (Wildman–Crippen LogP) is 5.40. The Bertz CT molecular complexity index is 867. The number of allylic oxidation sites excluding steroid dienone is 7. The van der Waals surface area contributed by atoms with Crippen LogP contribution in [-0.4, -0.2) is 28.0 Å². The number of halogens is 2. The summed E-state index contributed by atoms with van der Waals surface area (Å²) < 4.78 is 2.92. The molecular weight excluding hydrogens is 435 g/mol. The van der Waals surface area contributed by atoms with Crippen molar-refractivity contribution in [1.82, 2.24) is 0 Å². The van der Waals surface area contributed by atoms with Crippen molar-refractivity contribution in [1.29, 1.82) is 0 Å². The van der Waals surface area contributed by atoms with E-state index >= 15 is 0 Å². The number of ketones is 2. The Morgan fingerprint density at radius 2 is 1.65 bits per heavy atom. The average molecular weight is 465 g/mol. The molecule has 0 saturated heterocycles. The maximum Gasteiger partial charge on any atom is 0.314 e. The predicted molar refractivity (Wildman–Crippen MR) is 123 cm³/mol. The Morgan fingerprint density at radius 3 is 2.35 bits per heavy atom. The quantitative estimate of drug-likeness (QED) is 0.208. The summed E-state index contributed by atoms with van der Waals surface area (Å²) in [5.41, 5.74) is 1.29. The van der Waals surface area contributed by atoms with Gasteiger partial charge in [-0.1, -0.05) is 79.1 Å². The third-order valence-electron chi connectivity index (χ3n) is 6.72. The maximum absolute atomic E-state index is 13.8. The molecular formula is C25H30Cl2O4. The van der Waals surface area contributed by atoms with Gasteiger partial charge in [0.25, 0.3) is 0 Å². The topological polar surface area (TPSA) is 60.4 Å². The molecule has 0 bridgehead atoms. The first kappa shape index (κ1) is 24.0. The number of rotatable bonds is 0. The van der Waals surface area contributed by atoms with E-state index in [2.05, 4.69) is 39.0 Å². The number of fused-ring (bicyclic) bond motifs is 3. The Morgan fingerprint density at radius 1 is 0.968 bits per heavy atom. The Balaban J connectivity index is 2.08. The van der Waals surface area contributed by atoms with Crippen LogP contribution in [0.1, 0.15) is 40.5 Å². The standard InChI is InChI=1S/C25H30Cl2O4/c1-14-11-16(3)22-18(12-14)9-10-19-15(2)7-5-6-8-17(4)31-21(29)13-20(28)25(26,27)24(30)23(19)22/h5-11,15-19,22-23H,12-13H2,1-4H3/b7-5-,8-6+/t15-,16-,17+,18-,19+,22-,23-/m1/s1. The summed E-state index contributed by atoms with van der Waals surface area (Å²) in [7, 11) is 0. The second kappa shape index (κ2) is 9.46. The monoisotopic (exact) mass is 464 g/mol. The highest BCUT2D eigenvalue weighted by Gasteiger charge is 2.53. The molecule has 0 aromatic heterocycles. The SMILES string of the molecule is CC1=C[C@@H](C)[C@H]2[C@@H]3C(=O)C(Cl)(Cl)C(=O)CC(=O)O[C@@H](C)/C=C/C=C\[C@@H](C)[C@@H]3C=C[C@@H]2C1. The van der Waals surface area contributed by atoms with E-state index in [-0.39, 0.29) is 29.6 Å². The van der Waals surface area contributed by atoms with E-state index in [1.165, 1.54) is 5.57 Å². The van der Waals surface area contributed by atoms with E-state index in [1.807, 2.05) is 18.2 Å². The van der Waals surface area contributed by atoms with E-state index in [1.54, 1.807) is 13.0 Å². The molecule has 0 aromatic carbocycles. The van der Waals surface area contributed by atoms with Gasteiger partial charge < -0.3 is 4.74 Å². The van der Waals surface area contributed by atoms with E-state index in [0.29, 0.717) is 0 Å². The fraction of sp³-hybridized carbons (Fsp3) is 0.560. The van der Waals surface area contributed by atoms with Gasteiger partial charge in [-0.3, -0.25) is 14.4 Å². The van der Waals surface area contributed by atoms with E-state index in [9.17, 15) is 14.4 Å². The number of carbonyl (C=O) groups is 3. The summed E-state index contributed by atoms with van der Waals surface area (Å²) in [5, 5.41) is 0. The fourth-order valence-electron chi connectivity index (χ4n) is 5.28. The first-order valence-electron chi connectivity index (χ1n) is 10.9. The number of hydrogen-bond donors (Lipinski definition) is 0. The fourth-order valence-corrected chi connectivity index (χ4v) is 5.67. The van der Waals surface area contributed by atoms with Gasteiger partial charge in [0.2, 0.25) is 4.33 Å². The first-order valence-corrected chi connectivity index (χ1v) is 11.6. The van der Waals surface area contributed by atoms with Crippen molar-refractivity contribution >= 4 is 40.7 Å². The molecule has 7 atom stereocenters. The number of esters is 1. The highest BCUT2D eigenvalue weighted by molar-refractivity contribution is 6.68. The Hall–Kier alpha value is -1.65. The van der Waals surface area contributed by atoms with Crippen LogP contribution in [0.4, 0.5) is 0 Å². The van der Waals surface area contributed by atoms with Crippen LogP contribution in [0.5, 0.6) is 0 Å². The third-order valence-corrected chi connectivity index (χ3v) is 7.51. The van der Waals surface area contributed by atoms with Gasteiger partial charge in [-0.15, -0.1) is 0 Å². The zero-order chi connectivity index (χ0) is 22.9. The van der Waals surface area contributed by atoms with Crippen LogP contribution in [-0.2, 0) is 19.1 Å². The van der Waals surface area contributed by atoms with Crippen LogP contribution in [0.15, 0.2) is 48.1 Å². The lowest BCUT2D eigenvalue weighted by molar-refractivity contribution is -0.148. The molecule has 0 spiro atoms. The average Bonchev–Trinajstić information content (AvgIpc) is 2.68. The summed E-state index contributed by atoms with van der Waals surface area (Å²) in [6.07, 6.45) is 13.7.